The van der Waals surface area contributed by atoms with Crippen molar-refractivity contribution >= 4 is 37.3 Å². The van der Waals surface area contributed by atoms with E-state index in [0.717, 1.165) is 6.07 Å². The molecule has 0 aliphatic carbocycles. The number of nitrogen functional groups attached to an aromatic ring is 1. The third kappa shape index (κ3) is 3.19. The van der Waals surface area contributed by atoms with E-state index in [-0.39, 0.29) is 15.1 Å². The Bertz CT molecular complexity index is 807. The molecule has 2 aromatic rings. The van der Waals surface area contributed by atoms with Crippen LogP contribution in [0.2, 0.25) is 0 Å². The highest BCUT2D eigenvalue weighted by Crippen LogP contribution is 2.27. The summed E-state index contributed by atoms with van der Waals surface area (Å²) in [6.45, 7) is 3.32. The smallest absolute Gasteiger partial charge is 0.262 e. The Kier molecular flexibility index (Phi) is 4.25. The Hall–Kier alpha value is -1.60. The minimum Gasteiger partial charge on any atom is -0.398 e. The molecule has 0 aliphatic rings. The van der Waals surface area contributed by atoms with Gasteiger partial charge in [-0.2, -0.15) is 0 Å². The monoisotopic (exact) mass is 372 g/mol. The fourth-order valence-corrected chi connectivity index (χ4v) is 3.82. The number of benzene rings is 2. The van der Waals surface area contributed by atoms with Crippen LogP contribution in [0.4, 0.5) is 15.8 Å². The molecule has 0 heterocycles. The standard InChI is InChI=1S/C14H14BrFN2O2S/c1-8-3-6-13(17)9(2)14(8)21(19,20)18-10-4-5-11(15)12(16)7-10/h3-7,18H,17H2,1-2H3. The van der Waals surface area contributed by atoms with Crippen LogP contribution >= 0.6 is 15.9 Å². The van der Waals surface area contributed by atoms with Gasteiger partial charge in [0.15, 0.2) is 0 Å². The van der Waals surface area contributed by atoms with Crippen molar-refractivity contribution in [2.75, 3.05) is 10.5 Å². The molecule has 0 aliphatic heterocycles. The summed E-state index contributed by atoms with van der Waals surface area (Å²) in [7, 11) is -3.84. The van der Waals surface area contributed by atoms with E-state index in [0.29, 0.717) is 16.8 Å². The second-order valence-electron chi connectivity index (χ2n) is 4.66. The van der Waals surface area contributed by atoms with Crippen molar-refractivity contribution in [2.24, 2.45) is 0 Å². The highest BCUT2D eigenvalue weighted by molar-refractivity contribution is 9.10. The normalized spacial score (nSPS) is 11.4. The zero-order chi connectivity index (χ0) is 15.8. The van der Waals surface area contributed by atoms with Crippen LogP contribution in [0.5, 0.6) is 0 Å². The minimum absolute atomic E-state index is 0.117. The molecule has 0 saturated carbocycles. The van der Waals surface area contributed by atoms with Gasteiger partial charge in [-0.15, -0.1) is 0 Å². The summed E-state index contributed by atoms with van der Waals surface area (Å²) in [4.78, 5) is 0.117. The lowest BCUT2D eigenvalue weighted by atomic mass is 10.1. The Morgan fingerprint density at radius 1 is 1.19 bits per heavy atom. The Morgan fingerprint density at radius 2 is 1.86 bits per heavy atom. The molecule has 21 heavy (non-hydrogen) atoms. The average molecular weight is 373 g/mol. The second kappa shape index (κ2) is 5.65. The van der Waals surface area contributed by atoms with Gasteiger partial charge in [0.2, 0.25) is 0 Å². The van der Waals surface area contributed by atoms with E-state index in [1.807, 2.05) is 0 Å². The first-order chi connectivity index (χ1) is 9.72. The van der Waals surface area contributed by atoms with Crippen LogP contribution in [-0.4, -0.2) is 8.42 Å². The lowest BCUT2D eigenvalue weighted by Crippen LogP contribution is -2.16. The van der Waals surface area contributed by atoms with Gasteiger partial charge in [0.25, 0.3) is 10.0 Å². The molecule has 2 rings (SSSR count). The van der Waals surface area contributed by atoms with Crippen LogP contribution in [0.25, 0.3) is 0 Å². The first-order valence-corrected chi connectivity index (χ1v) is 8.33. The zero-order valence-corrected chi connectivity index (χ0v) is 13.8. The van der Waals surface area contributed by atoms with E-state index >= 15 is 0 Å². The van der Waals surface area contributed by atoms with E-state index in [4.69, 9.17) is 5.73 Å². The van der Waals surface area contributed by atoms with Gasteiger partial charge in [-0.1, -0.05) is 6.07 Å². The molecule has 7 heteroatoms. The van der Waals surface area contributed by atoms with E-state index < -0.39 is 15.8 Å². The molecule has 0 fully saturated rings. The third-order valence-corrected chi connectivity index (χ3v) is 5.40. The summed E-state index contributed by atoms with van der Waals surface area (Å²) in [5.41, 5.74) is 7.35. The summed E-state index contributed by atoms with van der Waals surface area (Å²) < 4.78 is 41.1. The van der Waals surface area contributed by atoms with Crippen LogP contribution in [0.1, 0.15) is 11.1 Å². The first kappa shape index (κ1) is 15.8. The topological polar surface area (TPSA) is 72.2 Å². The van der Waals surface area contributed by atoms with Crippen LogP contribution in [-0.2, 0) is 10.0 Å². The maximum Gasteiger partial charge on any atom is 0.262 e. The number of hydrogen-bond acceptors (Lipinski definition) is 3. The van der Waals surface area contributed by atoms with Gasteiger partial charge in [0.05, 0.1) is 15.1 Å². The molecule has 0 unspecified atom stereocenters. The van der Waals surface area contributed by atoms with Gasteiger partial charge in [0.1, 0.15) is 5.82 Å². The van der Waals surface area contributed by atoms with Gasteiger partial charge in [0, 0.05) is 5.69 Å². The molecule has 0 spiro atoms. The third-order valence-electron chi connectivity index (χ3n) is 3.09. The molecule has 112 valence electrons. The fraction of sp³-hybridized carbons (Fsp3) is 0.143. The molecule has 0 amide bonds. The molecule has 0 radical (unpaired) electrons. The quantitative estimate of drug-likeness (QED) is 0.808. The van der Waals surface area contributed by atoms with Gasteiger partial charge in [-0.3, -0.25) is 4.72 Å². The van der Waals surface area contributed by atoms with Crippen molar-refractivity contribution in [2.45, 2.75) is 18.7 Å². The van der Waals surface area contributed by atoms with Crippen molar-refractivity contribution < 1.29 is 12.8 Å². The summed E-state index contributed by atoms with van der Waals surface area (Å²) >= 11 is 3.02. The molecule has 4 nitrogen and oxygen atoms in total. The number of nitrogens with one attached hydrogen (secondary N) is 1. The van der Waals surface area contributed by atoms with Crippen molar-refractivity contribution in [1.82, 2.24) is 0 Å². The maximum atomic E-state index is 13.5. The van der Waals surface area contributed by atoms with Gasteiger partial charge >= 0.3 is 0 Å². The molecular weight excluding hydrogens is 359 g/mol. The van der Waals surface area contributed by atoms with Crippen LogP contribution < -0.4 is 10.5 Å². The predicted molar refractivity (Wildman–Crippen MR) is 85.2 cm³/mol. The van der Waals surface area contributed by atoms with Crippen LogP contribution in [0, 0.1) is 19.7 Å². The molecule has 0 saturated heterocycles. The number of hydrogen-bond donors (Lipinski definition) is 2. The maximum absolute atomic E-state index is 13.5. The second-order valence-corrected chi connectivity index (χ2v) is 7.13. The largest absolute Gasteiger partial charge is 0.398 e. The predicted octanol–water partition coefficient (Wildman–Crippen LogP) is 3.59. The zero-order valence-electron chi connectivity index (χ0n) is 11.4. The SMILES string of the molecule is Cc1ccc(N)c(C)c1S(=O)(=O)Nc1ccc(Br)c(F)c1. The Morgan fingerprint density at radius 3 is 2.48 bits per heavy atom. The number of rotatable bonds is 3. The number of sulfonamides is 1. The van der Waals surface area contributed by atoms with Crippen LogP contribution in [0.15, 0.2) is 39.7 Å². The van der Waals surface area contributed by atoms with Gasteiger partial charge in [-0.25, -0.2) is 12.8 Å². The van der Waals surface area contributed by atoms with Crippen molar-refractivity contribution in [3.63, 3.8) is 0 Å². The lowest BCUT2D eigenvalue weighted by molar-refractivity contribution is 0.600. The average Bonchev–Trinajstić information content (AvgIpc) is 2.38. The Balaban J connectivity index is 2.48. The number of nitrogens with two attached hydrogens (primary N) is 1. The van der Waals surface area contributed by atoms with Crippen LogP contribution in [0.3, 0.4) is 0 Å². The van der Waals surface area contributed by atoms with Crippen molar-refractivity contribution in [1.29, 1.82) is 0 Å². The summed E-state index contributed by atoms with van der Waals surface area (Å²) in [5, 5.41) is 0. The molecule has 3 N–H and O–H groups in total. The summed E-state index contributed by atoms with van der Waals surface area (Å²) in [5.74, 6) is -0.545. The van der Waals surface area contributed by atoms with E-state index in [9.17, 15) is 12.8 Å². The highest BCUT2D eigenvalue weighted by atomic mass is 79.9. The van der Waals surface area contributed by atoms with Crippen molar-refractivity contribution in [3.8, 4) is 0 Å². The molecule has 0 bridgehead atoms. The lowest BCUT2D eigenvalue weighted by Gasteiger charge is -2.14. The fourth-order valence-electron chi connectivity index (χ4n) is 2.02. The first-order valence-electron chi connectivity index (χ1n) is 6.06. The number of anilines is 2. The molecule has 2 aromatic carbocycles. The van der Waals surface area contributed by atoms with E-state index in [1.54, 1.807) is 26.0 Å². The molecule has 0 aromatic heterocycles. The Labute approximate surface area is 131 Å². The van der Waals surface area contributed by atoms with E-state index in [2.05, 4.69) is 20.7 Å². The summed E-state index contributed by atoms with van der Waals surface area (Å²) in [6.07, 6.45) is 0. The van der Waals surface area contributed by atoms with Gasteiger partial charge < -0.3 is 5.73 Å². The molecule has 0 atom stereocenters. The number of halogens is 2. The minimum atomic E-state index is -3.84. The van der Waals surface area contributed by atoms with Gasteiger partial charge in [-0.05, 0) is 65.2 Å². The number of aryl methyl sites for hydroxylation is 1. The highest BCUT2D eigenvalue weighted by Gasteiger charge is 2.21. The van der Waals surface area contributed by atoms with E-state index in [1.165, 1.54) is 12.1 Å². The molecular formula is C14H14BrFN2O2S. The van der Waals surface area contributed by atoms with Crippen molar-refractivity contribution in [3.05, 3.63) is 51.7 Å². The summed E-state index contributed by atoms with van der Waals surface area (Å²) in [6, 6.07) is 7.31.